The molecule has 1 N–H and O–H groups in total. The van der Waals surface area contributed by atoms with E-state index in [4.69, 9.17) is 9.72 Å². The average molecular weight is 446 g/mol. The van der Waals surface area contributed by atoms with Gasteiger partial charge in [-0.25, -0.2) is 4.98 Å². The van der Waals surface area contributed by atoms with Crippen molar-refractivity contribution < 1.29 is 9.53 Å². The second-order valence-electron chi connectivity index (χ2n) is 8.23. The number of amides is 1. The van der Waals surface area contributed by atoms with E-state index in [9.17, 15) is 4.79 Å². The van der Waals surface area contributed by atoms with Crippen molar-refractivity contribution >= 4 is 23.4 Å². The zero-order valence-corrected chi connectivity index (χ0v) is 19.5. The molecule has 1 aliphatic rings. The lowest BCUT2D eigenvalue weighted by atomic mass is 9.95. The third kappa shape index (κ3) is 5.42. The summed E-state index contributed by atoms with van der Waals surface area (Å²) < 4.78 is 5.22. The molecule has 33 heavy (non-hydrogen) atoms. The van der Waals surface area contributed by atoms with Gasteiger partial charge >= 0.3 is 0 Å². The Morgan fingerprint density at radius 1 is 1.03 bits per heavy atom. The molecule has 0 aliphatic carbocycles. The van der Waals surface area contributed by atoms with Crippen molar-refractivity contribution in [2.75, 3.05) is 43.5 Å². The quantitative estimate of drug-likeness (QED) is 0.582. The van der Waals surface area contributed by atoms with Gasteiger partial charge in [0.2, 0.25) is 11.9 Å². The molecule has 0 unspecified atom stereocenters. The fourth-order valence-corrected chi connectivity index (χ4v) is 4.17. The number of rotatable bonds is 7. The third-order valence-electron chi connectivity index (χ3n) is 5.99. The first-order valence-corrected chi connectivity index (χ1v) is 11.4. The molecule has 2 heterocycles. The summed E-state index contributed by atoms with van der Waals surface area (Å²) in [5.41, 5.74) is 2.91. The number of benzene rings is 2. The molecule has 0 radical (unpaired) electrons. The average Bonchev–Trinajstić information content (AvgIpc) is 2.85. The summed E-state index contributed by atoms with van der Waals surface area (Å²) in [6, 6.07) is 19.7. The van der Waals surface area contributed by atoms with Crippen LogP contribution >= 0.6 is 0 Å². The predicted octanol–water partition coefficient (Wildman–Crippen LogP) is 4.38. The maximum absolute atomic E-state index is 13.2. The summed E-state index contributed by atoms with van der Waals surface area (Å²) in [6.45, 7) is 6.80. The van der Waals surface area contributed by atoms with E-state index in [0.717, 1.165) is 34.9 Å². The van der Waals surface area contributed by atoms with Crippen molar-refractivity contribution in [3.05, 3.63) is 71.9 Å². The van der Waals surface area contributed by atoms with Crippen LogP contribution in [0.25, 0.3) is 0 Å². The number of nitrogens with zero attached hydrogens (tertiary/aromatic N) is 4. The SMILES string of the molecule is CC[C@H](C(=O)N1CCN(c2nc(C)cc(Nc3ccc(OC)cc3)n2)CC1)c1ccccc1. The van der Waals surface area contributed by atoms with E-state index in [1.807, 2.05) is 72.5 Å². The Morgan fingerprint density at radius 3 is 2.36 bits per heavy atom. The monoisotopic (exact) mass is 445 g/mol. The number of aromatic nitrogens is 2. The Morgan fingerprint density at radius 2 is 1.73 bits per heavy atom. The van der Waals surface area contributed by atoms with E-state index in [-0.39, 0.29) is 11.8 Å². The lowest BCUT2D eigenvalue weighted by molar-refractivity contribution is -0.133. The zero-order chi connectivity index (χ0) is 23.2. The number of anilines is 3. The smallest absolute Gasteiger partial charge is 0.230 e. The number of carbonyl (C=O) groups is 1. The number of carbonyl (C=O) groups excluding carboxylic acids is 1. The molecule has 1 saturated heterocycles. The Labute approximate surface area is 195 Å². The molecule has 1 amide bonds. The van der Waals surface area contributed by atoms with E-state index in [0.29, 0.717) is 32.1 Å². The highest BCUT2D eigenvalue weighted by atomic mass is 16.5. The zero-order valence-electron chi connectivity index (χ0n) is 19.5. The van der Waals surface area contributed by atoms with Gasteiger partial charge < -0.3 is 19.9 Å². The number of ether oxygens (including phenoxy) is 1. The van der Waals surface area contributed by atoms with Crippen molar-refractivity contribution in [3.63, 3.8) is 0 Å². The molecule has 0 saturated carbocycles. The molecule has 1 fully saturated rings. The molecule has 7 nitrogen and oxygen atoms in total. The third-order valence-corrected chi connectivity index (χ3v) is 5.99. The Bertz CT molecular complexity index is 1060. The summed E-state index contributed by atoms with van der Waals surface area (Å²) in [7, 11) is 1.65. The molecule has 1 aromatic heterocycles. The van der Waals surface area contributed by atoms with Gasteiger partial charge in [0.15, 0.2) is 0 Å². The van der Waals surface area contributed by atoms with Crippen LogP contribution in [0.1, 0.15) is 30.5 Å². The number of piperazine rings is 1. The fourth-order valence-electron chi connectivity index (χ4n) is 4.17. The Balaban J connectivity index is 1.41. The van der Waals surface area contributed by atoms with E-state index in [1.165, 1.54) is 0 Å². The van der Waals surface area contributed by atoms with E-state index < -0.39 is 0 Å². The van der Waals surface area contributed by atoms with Crippen LogP contribution in [0.5, 0.6) is 5.75 Å². The first-order chi connectivity index (χ1) is 16.1. The standard InChI is InChI=1S/C26H31N5O2/c1-4-23(20-8-6-5-7-9-20)25(32)30-14-16-31(17-15-30)26-27-19(2)18-24(29-26)28-21-10-12-22(33-3)13-11-21/h5-13,18,23H,4,14-17H2,1-3H3,(H,27,28,29)/t23-/m0/s1. The predicted molar refractivity (Wildman–Crippen MR) is 131 cm³/mol. The van der Waals surface area contributed by atoms with Crippen molar-refractivity contribution in [2.24, 2.45) is 0 Å². The normalized spacial score (nSPS) is 14.6. The van der Waals surface area contributed by atoms with Gasteiger partial charge in [0, 0.05) is 43.6 Å². The molecular formula is C26H31N5O2. The summed E-state index contributed by atoms with van der Waals surface area (Å²) in [5.74, 6) is 2.36. The molecule has 4 rings (SSSR count). The van der Waals surface area contributed by atoms with Crippen LogP contribution in [0.15, 0.2) is 60.7 Å². The van der Waals surface area contributed by atoms with Crippen LogP contribution in [-0.2, 0) is 4.79 Å². The van der Waals surface area contributed by atoms with Gasteiger partial charge in [-0.15, -0.1) is 0 Å². The minimum atomic E-state index is -0.0896. The molecule has 1 aliphatic heterocycles. The maximum Gasteiger partial charge on any atom is 0.230 e. The molecular weight excluding hydrogens is 414 g/mol. The summed E-state index contributed by atoms with van der Waals surface area (Å²) >= 11 is 0. The minimum absolute atomic E-state index is 0.0896. The minimum Gasteiger partial charge on any atom is -0.497 e. The van der Waals surface area contributed by atoms with E-state index in [2.05, 4.69) is 22.1 Å². The Hall–Kier alpha value is -3.61. The molecule has 3 aromatic rings. The van der Waals surface area contributed by atoms with Crippen molar-refractivity contribution in [1.29, 1.82) is 0 Å². The molecule has 2 aromatic carbocycles. The summed E-state index contributed by atoms with van der Waals surface area (Å²) in [5, 5.41) is 3.35. The van der Waals surface area contributed by atoms with Crippen LogP contribution in [0.2, 0.25) is 0 Å². The van der Waals surface area contributed by atoms with Gasteiger partial charge in [-0.2, -0.15) is 4.98 Å². The highest BCUT2D eigenvalue weighted by Crippen LogP contribution is 2.24. The van der Waals surface area contributed by atoms with Gasteiger partial charge in [-0.05, 0) is 43.2 Å². The number of methoxy groups -OCH3 is 1. The molecule has 172 valence electrons. The van der Waals surface area contributed by atoms with Gasteiger partial charge in [-0.1, -0.05) is 37.3 Å². The molecule has 1 atom stereocenters. The molecule has 7 heteroatoms. The molecule has 0 spiro atoms. The highest BCUT2D eigenvalue weighted by molar-refractivity contribution is 5.84. The first kappa shape index (κ1) is 22.6. The largest absolute Gasteiger partial charge is 0.497 e. The van der Waals surface area contributed by atoms with E-state index in [1.54, 1.807) is 7.11 Å². The highest BCUT2D eigenvalue weighted by Gasteiger charge is 2.28. The first-order valence-electron chi connectivity index (χ1n) is 11.4. The van der Waals surface area contributed by atoms with Crippen LogP contribution in [0, 0.1) is 6.92 Å². The summed E-state index contributed by atoms with van der Waals surface area (Å²) in [6.07, 6.45) is 0.796. The van der Waals surface area contributed by atoms with Crippen LogP contribution in [0.3, 0.4) is 0 Å². The lowest BCUT2D eigenvalue weighted by Gasteiger charge is -2.36. The van der Waals surface area contributed by atoms with Gasteiger partial charge in [-0.3, -0.25) is 4.79 Å². The van der Waals surface area contributed by atoms with Crippen molar-refractivity contribution in [1.82, 2.24) is 14.9 Å². The second kappa shape index (κ2) is 10.3. The van der Waals surface area contributed by atoms with Gasteiger partial charge in [0.05, 0.1) is 13.0 Å². The van der Waals surface area contributed by atoms with E-state index >= 15 is 0 Å². The lowest BCUT2D eigenvalue weighted by Crippen LogP contribution is -2.50. The molecule has 0 bridgehead atoms. The maximum atomic E-state index is 13.2. The fraction of sp³-hybridized carbons (Fsp3) is 0.346. The van der Waals surface area contributed by atoms with Gasteiger partial charge in [0.1, 0.15) is 11.6 Å². The van der Waals surface area contributed by atoms with Crippen molar-refractivity contribution in [2.45, 2.75) is 26.2 Å². The Kier molecular flexibility index (Phi) is 7.07. The second-order valence-corrected chi connectivity index (χ2v) is 8.23. The number of aryl methyl sites for hydroxylation is 1. The van der Waals surface area contributed by atoms with Crippen LogP contribution in [-0.4, -0.2) is 54.1 Å². The summed E-state index contributed by atoms with van der Waals surface area (Å²) in [4.78, 5) is 26.7. The van der Waals surface area contributed by atoms with Crippen LogP contribution < -0.4 is 15.0 Å². The number of hydrogen-bond acceptors (Lipinski definition) is 6. The van der Waals surface area contributed by atoms with Crippen molar-refractivity contribution in [3.8, 4) is 5.75 Å². The van der Waals surface area contributed by atoms with Gasteiger partial charge in [0.25, 0.3) is 0 Å². The number of nitrogens with one attached hydrogen (secondary N) is 1. The van der Waals surface area contributed by atoms with Crippen LogP contribution in [0.4, 0.5) is 17.5 Å². The topological polar surface area (TPSA) is 70.6 Å². The number of hydrogen-bond donors (Lipinski definition) is 1.